The Kier molecular flexibility index (Phi) is 5.79. The largest absolute Gasteiger partial charge is 0.497 e. The van der Waals surface area contributed by atoms with Gasteiger partial charge in [-0.15, -0.1) is 0 Å². The molecule has 0 fully saturated rings. The van der Waals surface area contributed by atoms with Crippen molar-refractivity contribution in [3.8, 4) is 11.5 Å². The first-order valence-corrected chi connectivity index (χ1v) is 7.75. The standard InChI is InChI=1S/C19H22FNO3/c1-13(15-8-10-17(23-4)11-9-15)21(3)19(22)14(2)24-18-7-5-6-16(20)12-18/h5-14H,1-4H3. The van der Waals surface area contributed by atoms with Crippen LogP contribution in [0.3, 0.4) is 0 Å². The highest BCUT2D eigenvalue weighted by Gasteiger charge is 2.24. The van der Waals surface area contributed by atoms with Gasteiger partial charge in [-0.3, -0.25) is 4.79 Å². The average molecular weight is 331 g/mol. The van der Waals surface area contributed by atoms with E-state index in [0.717, 1.165) is 11.3 Å². The van der Waals surface area contributed by atoms with Gasteiger partial charge in [-0.25, -0.2) is 4.39 Å². The Morgan fingerprint density at radius 1 is 1.08 bits per heavy atom. The third-order valence-electron chi connectivity index (χ3n) is 3.98. The molecule has 0 aliphatic carbocycles. The Balaban J connectivity index is 2.03. The molecule has 1 amide bonds. The van der Waals surface area contributed by atoms with E-state index in [4.69, 9.17) is 9.47 Å². The molecule has 0 spiro atoms. The molecule has 0 aromatic heterocycles. The van der Waals surface area contributed by atoms with Crippen molar-refractivity contribution in [2.24, 2.45) is 0 Å². The molecule has 0 saturated heterocycles. The van der Waals surface area contributed by atoms with Gasteiger partial charge in [0.05, 0.1) is 13.2 Å². The molecular formula is C19H22FNO3. The fraction of sp³-hybridized carbons (Fsp3) is 0.316. The molecule has 128 valence electrons. The molecule has 0 saturated carbocycles. The van der Waals surface area contributed by atoms with Crippen molar-refractivity contribution in [1.82, 2.24) is 4.90 Å². The van der Waals surface area contributed by atoms with E-state index in [1.165, 1.54) is 12.1 Å². The second-order valence-electron chi connectivity index (χ2n) is 5.62. The molecule has 2 rings (SSSR count). The highest BCUT2D eigenvalue weighted by molar-refractivity contribution is 5.81. The fourth-order valence-corrected chi connectivity index (χ4v) is 2.38. The first kappa shape index (κ1) is 17.8. The van der Waals surface area contributed by atoms with Crippen LogP contribution in [0.15, 0.2) is 48.5 Å². The first-order chi connectivity index (χ1) is 11.4. The lowest BCUT2D eigenvalue weighted by molar-refractivity contribution is -0.138. The van der Waals surface area contributed by atoms with Crippen molar-refractivity contribution in [3.05, 3.63) is 59.9 Å². The Bertz CT molecular complexity index is 687. The third-order valence-corrected chi connectivity index (χ3v) is 3.98. The molecule has 2 unspecified atom stereocenters. The van der Waals surface area contributed by atoms with Crippen LogP contribution >= 0.6 is 0 Å². The summed E-state index contributed by atoms with van der Waals surface area (Å²) >= 11 is 0. The van der Waals surface area contributed by atoms with Crippen molar-refractivity contribution in [1.29, 1.82) is 0 Å². The smallest absolute Gasteiger partial charge is 0.263 e. The van der Waals surface area contributed by atoms with E-state index in [2.05, 4.69) is 0 Å². The van der Waals surface area contributed by atoms with Gasteiger partial charge in [-0.2, -0.15) is 0 Å². The fourth-order valence-electron chi connectivity index (χ4n) is 2.38. The molecule has 0 aliphatic heterocycles. The Morgan fingerprint density at radius 3 is 2.33 bits per heavy atom. The number of ether oxygens (including phenoxy) is 2. The molecule has 0 heterocycles. The van der Waals surface area contributed by atoms with Crippen LogP contribution in [0.2, 0.25) is 0 Å². The maximum atomic E-state index is 13.2. The van der Waals surface area contributed by atoms with E-state index >= 15 is 0 Å². The number of nitrogens with zero attached hydrogens (tertiary/aromatic N) is 1. The normalized spacial score (nSPS) is 13.0. The number of carbonyl (C=O) groups is 1. The highest BCUT2D eigenvalue weighted by atomic mass is 19.1. The van der Waals surface area contributed by atoms with Gasteiger partial charge in [0.1, 0.15) is 17.3 Å². The number of halogens is 1. The minimum absolute atomic E-state index is 0.123. The quantitative estimate of drug-likeness (QED) is 0.808. The minimum Gasteiger partial charge on any atom is -0.497 e. The van der Waals surface area contributed by atoms with Crippen LogP contribution in [0, 0.1) is 5.82 Å². The summed E-state index contributed by atoms with van der Waals surface area (Å²) < 4.78 is 23.9. The lowest BCUT2D eigenvalue weighted by Crippen LogP contribution is -2.39. The lowest BCUT2D eigenvalue weighted by atomic mass is 10.1. The zero-order chi connectivity index (χ0) is 17.7. The van der Waals surface area contributed by atoms with Crippen LogP contribution in [-0.2, 0) is 4.79 Å². The minimum atomic E-state index is -0.711. The van der Waals surface area contributed by atoms with E-state index in [1.807, 2.05) is 31.2 Å². The summed E-state index contributed by atoms with van der Waals surface area (Å²) in [6, 6.07) is 13.2. The lowest BCUT2D eigenvalue weighted by Gasteiger charge is -2.28. The van der Waals surface area contributed by atoms with E-state index < -0.39 is 11.9 Å². The van der Waals surface area contributed by atoms with Crippen LogP contribution in [0.25, 0.3) is 0 Å². The summed E-state index contributed by atoms with van der Waals surface area (Å²) in [7, 11) is 3.34. The molecule has 2 aromatic carbocycles. The summed E-state index contributed by atoms with van der Waals surface area (Å²) in [5.74, 6) is 0.527. The van der Waals surface area contributed by atoms with Gasteiger partial charge in [0.25, 0.3) is 5.91 Å². The van der Waals surface area contributed by atoms with Gasteiger partial charge < -0.3 is 14.4 Å². The Labute approximate surface area is 141 Å². The van der Waals surface area contributed by atoms with Crippen LogP contribution < -0.4 is 9.47 Å². The number of likely N-dealkylation sites (N-methyl/N-ethyl adjacent to an activating group) is 1. The molecule has 0 radical (unpaired) electrons. The van der Waals surface area contributed by atoms with E-state index in [1.54, 1.807) is 38.1 Å². The van der Waals surface area contributed by atoms with Crippen molar-refractivity contribution in [3.63, 3.8) is 0 Å². The van der Waals surface area contributed by atoms with Gasteiger partial charge in [0.15, 0.2) is 6.10 Å². The Morgan fingerprint density at radius 2 is 1.75 bits per heavy atom. The number of hydrogen-bond acceptors (Lipinski definition) is 3. The number of benzene rings is 2. The van der Waals surface area contributed by atoms with Crippen molar-refractivity contribution < 1.29 is 18.7 Å². The molecule has 24 heavy (non-hydrogen) atoms. The number of hydrogen-bond donors (Lipinski definition) is 0. The van der Waals surface area contributed by atoms with Crippen LogP contribution in [0.5, 0.6) is 11.5 Å². The average Bonchev–Trinajstić information content (AvgIpc) is 2.59. The topological polar surface area (TPSA) is 38.8 Å². The van der Waals surface area contributed by atoms with Gasteiger partial charge >= 0.3 is 0 Å². The predicted octanol–water partition coefficient (Wildman–Crippen LogP) is 3.82. The van der Waals surface area contributed by atoms with E-state index in [-0.39, 0.29) is 11.9 Å². The molecule has 2 atom stereocenters. The number of carbonyl (C=O) groups excluding carboxylic acids is 1. The molecule has 0 bridgehead atoms. The van der Waals surface area contributed by atoms with Crippen molar-refractivity contribution in [2.45, 2.75) is 26.0 Å². The second-order valence-corrected chi connectivity index (χ2v) is 5.62. The Hall–Kier alpha value is -2.56. The number of rotatable bonds is 6. The third kappa shape index (κ3) is 4.25. The molecule has 0 N–H and O–H groups in total. The van der Waals surface area contributed by atoms with Gasteiger partial charge in [0, 0.05) is 13.1 Å². The SMILES string of the molecule is COc1ccc(C(C)N(C)C(=O)C(C)Oc2cccc(F)c2)cc1. The maximum Gasteiger partial charge on any atom is 0.263 e. The van der Waals surface area contributed by atoms with Crippen LogP contribution in [0.4, 0.5) is 4.39 Å². The predicted molar refractivity (Wildman–Crippen MR) is 90.7 cm³/mol. The summed E-state index contributed by atoms with van der Waals surface area (Å²) in [6.07, 6.45) is -0.711. The van der Waals surface area contributed by atoms with Crippen molar-refractivity contribution >= 4 is 5.91 Å². The zero-order valence-corrected chi connectivity index (χ0v) is 14.3. The zero-order valence-electron chi connectivity index (χ0n) is 14.3. The summed E-state index contributed by atoms with van der Waals surface area (Å²) in [5.41, 5.74) is 0.990. The van der Waals surface area contributed by atoms with Crippen LogP contribution in [-0.4, -0.2) is 31.1 Å². The molecule has 0 aliphatic rings. The molecule has 2 aromatic rings. The monoisotopic (exact) mass is 331 g/mol. The molecule has 5 heteroatoms. The van der Waals surface area contributed by atoms with Crippen LogP contribution in [0.1, 0.15) is 25.5 Å². The van der Waals surface area contributed by atoms with Gasteiger partial charge in [-0.05, 0) is 43.7 Å². The summed E-state index contributed by atoms with van der Waals surface area (Å²) in [4.78, 5) is 14.2. The summed E-state index contributed by atoms with van der Waals surface area (Å²) in [6.45, 7) is 3.60. The molecular weight excluding hydrogens is 309 g/mol. The first-order valence-electron chi connectivity index (χ1n) is 7.75. The molecule has 4 nitrogen and oxygen atoms in total. The van der Waals surface area contributed by atoms with E-state index in [0.29, 0.717) is 5.75 Å². The van der Waals surface area contributed by atoms with Crippen molar-refractivity contribution in [2.75, 3.05) is 14.2 Å². The van der Waals surface area contributed by atoms with Gasteiger partial charge in [-0.1, -0.05) is 18.2 Å². The highest BCUT2D eigenvalue weighted by Crippen LogP contribution is 2.23. The number of methoxy groups -OCH3 is 1. The second kappa shape index (κ2) is 7.81. The summed E-state index contributed by atoms with van der Waals surface area (Å²) in [5, 5.41) is 0. The van der Waals surface area contributed by atoms with Gasteiger partial charge in [0.2, 0.25) is 0 Å². The van der Waals surface area contributed by atoms with E-state index in [9.17, 15) is 9.18 Å². The maximum absolute atomic E-state index is 13.2. The number of amides is 1.